The van der Waals surface area contributed by atoms with Crippen LogP contribution in [0.4, 0.5) is 0 Å². The zero-order valence-corrected chi connectivity index (χ0v) is 14.4. The highest BCUT2D eigenvalue weighted by Crippen LogP contribution is 2.23. The van der Waals surface area contributed by atoms with Gasteiger partial charge in [0, 0.05) is 22.9 Å². The smallest absolute Gasteiger partial charge is 0.260 e. The molecule has 1 aliphatic heterocycles. The van der Waals surface area contributed by atoms with Gasteiger partial charge in [-0.1, -0.05) is 53.7 Å². The van der Waals surface area contributed by atoms with E-state index < -0.39 is 0 Å². The quantitative estimate of drug-likeness (QED) is 0.827. The van der Waals surface area contributed by atoms with Crippen molar-refractivity contribution in [2.24, 2.45) is 4.99 Å². The number of hydrogen-bond acceptors (Lipinski definition) is 3. The summed E-state index contributed by atoms with van der Waals surface area (Å²) in [6.07, 6.45) is 0. The molecule has 5 heteroatoms. The molecule has 0 N–H and O–H groups in total. The Bertz CT molecular complexity index is 743. The number of nitrogens with zero attached hydrogens (tertiary/aromatic N) is 2. The van der Waals surface area contributed by atoms with E-state index >= 15 is 0 Å². The lowest BCUT2D eigenvalue weighted by atomic mass is 10.1. The largest absolute Gasteiger partial charge is 0.286 e. The van der Waals surface area contributed by atoms with Gasteiger partial charge in [0.1, 0.15) is 0 Å². The van der Waals surface area contributed by atoms with Gasteiger partial charge in [0.25, 0.3) is 5.91 Å². The monoisotopic (exact) mass is 344 g/mol. The zero-order valence-electron chi connectivity index (χ0n) is 12.8. The molecule has 0 unspecified atom stereocenters. The number of amidine groups is 1. The van der Waals surface area contributed by atoms with E-state index in [9.17, 15) is 4.79 Å². The third-order valence-electron chi connectivity index (χ3n) is 3.70. The summed E-state index contributed by atoms with van der Waals surface area (Å²) in [7, 11) is 0. The zero-order chi connectivity index (χ0) is 16.2. The SMILES string of the molecule is Cc1ccccc1C(=O)N1CCN=C1SCc1ccc(Cl)cc1. The van der Waals surface area contributed by atoms with E-state index in [0.717, 1.165) is 32.6 Å². The van der Waals surface area contributed by atoms with E-state index in [1.807, 2.05) is 55.5 Å². The molecule has 0 saturated heterocycles. The second kappa shape index (κ2) is 7.20. The van der Waals surface area contributed by atoms with Crippen LogP contribution in [0.3, 0.4) is 0 Å². The number of hydrogen-bond donors (Lipinski definition) is 0. The predicted octanol–water partition coefficient (Wildman–Crippen LogP) is 4.39. The van der Waals surface area contributed by atoms with E-state index in [1.165, 1.54) is 0 Å². The van der Waals surface area contributed by atoms with Crippen LogP contribution in [0.15, 0.2) is 53.5 Å². The molecule has 0 radical (unpaired) electrons. The third kappa shape index (κ3) is 3.77. The summed E-state index contributed by atoms with van der Waals surface area (Å²) in [5.41, 5.74) is 2.90. The minimum Gasteiger partial charge on any atom is -0.286 e. The number of carbonyl (C=O) groups is 1. The second-order valence-electron chi connectivity index (χ2n) is 5.35. The lowest BCUT2D eigenvalue weighted by Crippen LogP contribution is -2.33. The van der Waals surface area contributed by atoms with Crippen LogP contribution >= 0.6 is 23.4 Å². The standard InChI is InChI=1S/C18H17ClN2OS/c1-13-4-2-3-5-16(13)17(22)21-11-10-20-18(21)23-12-14-6-8-15(19)9-7-14/h2-9H,10-12H2,1H3. The highest BCUT2D eigenvalue weighted by Gasteiger charge is 2.25. The van der Waals surface area contributed by atoms with E-state index in [1.54, 1.807) is 16.7 Å². The summed E-state index contributed by atoms with van der Waals surface area (Å²) >= 11 is 7.49. The Balaban J connectivity index is 1.69. The van der Waals surface area contributed by atoms with Crippen LogP contribution in [0, 0.1) is 6.92 Å². The molecule has 3 nitrogen and oxygen atoms in total. The van der Waals surface area contributed by atoms with Crippen LogP contribution in [0.1, 0.15) is 21.5 Å². The number of benzene rings is 2. The van der Waals surface area contributed by atoms with Crippen molar-refractivity contribution < 1.29 is 4.79 Å². The number of carbonyl (C=O) groups excluding carboxylic acids is 1. The Labute approximate surface area is 145 Å². The first-order valence-electron chi connectivity index (χ1n) is 7.44. The molecule has 23 heavy (non-hydrogen) atoms. The fraction of sp³-hybridized carbons (Fsp3) is 0.222. The highest BCUT2D eigenvalue weighted by atomic mass is 35.5. The van der Waals surface area contributed by atoms with Gasteiger partial charge < -0.3 is 0 Å². The van der Waals surface area contributed by atoms with Crippen molar-refractivity contribution in [3.63, 3.8) is 0 Å². The van der Waals surface area contributed by atoms with Gasteiger partial charge in [-0.15, -0.1) is 0 Å². The summed E-state index contributed by atoms with van der Waals surface area (Å²) in [5.74, 6) is 0.802. The number of aryl methyl sites for hydroxylation is 1. The van der Waals surface area contributed by atoms with Gasteiger partial charge in [0.2, 0.25) is 0 Å². The molecule has 1 aliphatic rings. The summed E-state index contributed by atoms with van der Waals surface area (Å²) in [6, 6.07) is 15.4. The topological polar surface area (TPSA) is 32.7 Å². The van der Waals surface area contributed by atoms with Gasteiger partial charge in [0.15, 0.2) is 5.17 Å². The van der Waals surface area contributed by atoms with Crippen molar-refractivity contribution in [2.75, 3.05) is 13.1 Å². The first-order chi connectivity index (χ1) is 11.1. The van der Waals surface area contributed by atoms with Crippen molar-refractivity contribution in [3.8, 4) is 0 Å². The molecular formula is C18H17ClN2OS. The molecule has 1 amide bonds. The van der Waals surface area contributed by atoms with E-state index in [2.05, 4.69) is 4.99 Å². The second-order valence-corrected chi connectivity index (χ2v) is 6.73. The van der Waals surface area contributed by atoms with Gasteiger partial charge in [-0.2, -0.15) is 0 Å². The molecule has 0 aliphatic carbocycles. The maximum Gasteiger partial charge on any atom is 0.260 e. The molecule has 0 saturated carbocycles. The van der Waals surface area contributed by atoms with Gasteiger partial charge in [-0.05, 0) is 36.2 Å². The summed E-state index contributed by atoms with van der Waals surface area (Å²) in [4.78, 5) is 19.0. The number of halogens is 1. The van der Waals surface area contributed by atoms with Gasteiger partial charge in [0.05, 0.1) is 6.54 Å². The predicted molar refractivity (Wildman–Crippen MR) is 97.3 cm³/mol. The number of rotatable bonds is 3. The van der Waals surface area contributed by atoms with E-state index in [-0.39, 0.29) is 5.91 Å². The molecular weight excluding hydrogens is 328 g/mol. The van der Waals surface area contributed by atoms with Crippen molar-refractivity contribution >= 4 is 34.4 Å². The van der Waals surface area contributed by atoms with Crippen LogP contribution in [-0.2, 0) is 5.75 Å². The van der Waals surface area contributed by atoms with E-state index in [0.29, 0.717) is 13.1 Å². The molecule has 0 bridgehead atoms. The van der Waals surface area contributed by atoms with Crippen molar-refractivity contribution in [3.05, 3.63) is 70.2 Å². The minimum absolute atomic E-state index is 0.0305. The Morgan fingerprint density at radius 2 is 1.96 bits per heavy atom. The fourth-order valence-electron chi connectivity index (χ4n) is 2.43. The van der Waals surface area contributed by atoms with Crippen molar-refractivity contribution in [1.29, 1.82) is 0 Å². The van der Waals surface area contributed by atoms with Crippen LogP contribution in [0.5, 0.6) is 0 Å². The highest BCUT2D eigenvalue weighted by molar-refractivity contribution is 8.13. The summed E-state index contributed by atoms with van der Waals surface area (Å²) in [6.45, 7) is 3.28. The minimum atomic E-state index is 0.0305. The third-order valence-corrected chi connectivity index (χ3v) is 5.04. The fourth-order valence-corrected chi connectivity index (χ4v) is 3.55. The summed E-state index contributed by atoms with van der Waals surface area (Å²) < 4.78 is 0. The molecule has 0 spiro atoms. The Hall–Kier alpha value is -1.78. The Morgan fingerprint density at radius 1 is 1.22 bits per heavy atom. The molecule has 2 aromatic rings. The molecule has 0 fully saturated rings. The maximum absolute atomic E-state index is 12.7. The van der Waals surface area contributed by atoms with Gasteiger partial charge in [-0.3, -0.25) is 14.7 Å². The van der Waals surface area contributed by atoms with Crippen LogP contribution in [0.2, 0.25) is 5.02 Å². The maximum atomic E-state index is 12.7. The van der Waals surface area contributed by atoms with Crippen molar-refractivity contribution in [1.82, 2.24) is 4.90 Å². The number of amides is 1. The van der Waals surface area contributed by atoms with E-state index in [4.69, 9.17) is 11.6 Å². The number of aliphatic imine (C=N–C) groups is 1. The molecule has 0 atom stereocenters. The van der Waals surface area contributed by atoms with Crippen LogP contribution in [0.25, 0.3) is 0 Å². The first kappa shape index (κ1) is 16.1. The Morgan fingerprint density at radius 3 is 2.70 bits per heavy atom. The molecule has 118 valence electrons. The van der Waals surface area contributed by atoms with Crippen LogP contribution < -0.4 is 0 Å². The first-order valence-corrected chi connectivity index (χ1v) is 8.81. The molecule has 0 aromatic heterocycles. The number of thioether (sulfide) groups is 1. The Kier molecular flexibility index (Phi) is 5.03. The van der Waals surface area contributed by atoms with Crippen LogP contribution in [-0.4, -0.2) is 29.1 Å². The molecule has 1 heterocycles. The average molecular weight is 345 g/mol. The normalized spacial score (nSPS) is 14.0. The lowest BCUT2D eigenvalue weighted by Gasteiger charge is -2.19. The van der Waals surface area contributed by atoms with Gasteiger partial charge in [-0.25, -0.2) is 0 Å². The summed E-state index contributed by atoms with van der Waals surface area (Å²) in [5, 5.41) is 1.53. The van der Waals surface area contributed by atoms with Gasteiger partial charge >= 0.3 is 0 Å². The molecule has 2 aromatic carbocycles. The molecule has 3 rings (SSSR count). The average Bonchev–Trinajstić information content (AvgIpc) is 3.03. The lowest BCUT2D eigenvalue weighted by molar-refractivity contribution is 0.0860. The van der Waals surface area contributed by atoms with Crippen molar-refractivity contribution in [2.45, 2.75) is 12.7 Å².